The molecule has 23 heavy (non-hydrogen) atoms. The minimum atomic E-state index is 0.00618. The molecule has 1 saturated heterocycles. The fourth-order valence-corrected chi connectivity index (χ4v) is 3.43. The van der Waals surface area contributed by atoms with Gasteiger partial charge >= 0.3 is 0 Å². The van der Waals surface area contributed by atoms with Gasteiger partial charge in [0.15, 0.2) is 0 Å². The molecule has 2 amide bonds. The van der Waals surface area contributed by atoms with Gasteiger partial charge in [0.05, 0.1) is 0 Å². The number of carbonyl (C=O) groups is 2. The van der Waals surface area contributed by atoms with Gasteiger partial charge < -0.3 is 15.2 Å². The molecular formula is C17H20BrN3O2. The van der Waals surface area contributed by atoms with Crippen molar-refractivity contribution in [1.82, 2.24) is 15.2 Å². The maximum atomic E-state index is 12.6. The van der Waals surface area contributed by atoms with Gasteiger partial charge in [-0.05, 0) is 44.0 Å². The molecule has 1 aromatic carbocycles. The predicted molar refractivity (Wildman–Crippen MR) is 93.3 cm³/mol. The van der Waals surface area contributed by atoms with Gasteiger partial charge in [-0.15, -0.1) is 0 Å². The summed E-state index contributed by atoms with van der Waals surface area (Å²) in [6.07, 6.45) is 1.45. The molecule has 1 fully saturated rings. The molecule has 1 aliphatic rings. The molecule has 0 saturated carbocycles. The van der Waals surface area contributed by atoms with Crippen molar-refractivity contribution in [1.29, 1.82) is 0 Å². The lowest BCUT2D eigenvalue weighted by Crippen LogP contribution is -2.43. The molecule has 1 aromatic heterocycles. The number of H-pyrrole nitrogens is 1. The molecule has 2 aromatic rings. The van der Waals surface area contributed by atoms with Crippen molar-refractivity contribution in [2.75, 3.05) is 19.6 Å². The van der Waals surface area contributed by atoms with Gasteiger partial charge in [0.25, 0.3) is 5.91 Å². The molecule has 0 bridgehead atoms. The Morgan fingerprint density at radius 1 is 1.30 bits per heavy atom. The first kappa shape index (κ1) is 16.1. The number of amides is 2. The Morgan fingerprint density at radius 2 is 2.04 bits per heavy atom. The average Bonchev–Trinajstić information content (AvgIpc) is 2.97. The van der Waals surface area contributed by atoms with E-state index in [1.54, 1.807) is 0 Å². The van der Waals surface area contributed by atoms with Crippen LogP contribution in [0.25, 0.3) is 10.9 Å². The Morgan fingerprint density at radius 3 is 2.74 bits per heavy atom. The zero-order valence-corrected chi connectivity index (χ0v) is 14.6. The number of aromatic nitrogens is 1. The number of aromatic amines is 1. The second-order valence-electron chi connectivity index (χ2n) is 5.88. The number of fused-ring (bicyclic) bond motifs is 1. The first-order chi connectivity index (χ1) is 11.1. The maximum Gasteiger partial charge on any atom is 0.270 e. The fraction of sp³-hybridized carbons (Fsp3) is 0.412. The zero-order chi connectivity index (χ0) is 16.4. The largest absolute Gasteiger partial charge is 0.356 e. The number of hydrogen-bond acceptors (Lipinski definition) is 2. The van der Waals surface area contributed by atoms with Gasteiger partial charge in [0.2, 0.25) is 5.91 Å². The van der Waals surface area contributed by atoms with Crippen LogP contribution >= 0.6 is 15.9 Å². The number of rotatable bonds is 3. The van der Waals surface area contributed by atoms with Crippen molar-refractivity contribution >= 4 is 38.6 Å². The van der Waals surface area contributed by atoms with Crippen molar-refractivity contribution < 1.29 is 9.59 Å². The van der Waals surface area contributed by atoms with Crippen molar-refractivity contribution in [3.63, 3.8) is 0 Å². The van der Waals surface area contributed by atoms with Gasteiger partial charge in [-0.25, -0.2) is 0 Å². The van der Waals surface area contributed by atoms with Crippen LogP contribution in [0.5, 0.6) is 0 Å². The third-order valence-electron chi connectivity index (χ3n) is 4.32. The van der Waals surface area contributed by atoms with E-state index < -0.39 is 0 Å². The second kappa shape index (κ2) is 6.74. The summed E-state index contributed by atoms with van der Waals surface area (Å²) in [5.74, 6) is 0.138. The van der Waals surface area contributed by atoms with Crippen LogP contribution in [0.1, 0.15) is 30.3 Å². The first-order valence-electron chi connectivity index (χ1n) is 7.93. The Labute approximate surface area is 143 Å². The highest BCUT2D eigenvalue weighted by molar-refractivity contribution is 9.10. The van der Waals surface area contributed by atoms with E-state index in [9.17, 15) is 9.59 Å². The number of benzene rings is 1. The molecule has 122 valence electrons. The quantitative estimate of drug-likeness (QED) is 0.863. The summed E-state index contributed by atoms with van der Waals surface area (Å²) in [6.45, 7) is 3.83. The van der Waals surface area contributed by atoms with Crippen molar-refractivity contribution in [2.24, 2.45) is 5.92 Å². The summed E-state index contributed by atoms with van der Waals surface area (Å²) in [5, 5.41) is 3.87. The Balaban J connectivity index is 1.67. The SMILES string of the molecule is CCNC(=O)C1CCN(C(=O)c2cc3cc(Br)ccc3[nH]2)CC1. The smallest absolute Gasteiger partial charge is 0.270 e. The highest BCUT2D eigenvalue weighted by atomic mass is 79.9. The zero-order valence-electron chi connectivity index (χ0n) is 13.1. The summed E-state index contributed by atoms with van der Waals surface area (Å²) >= 11 is 3.44. The van der Waals surface area contributed by atoms with Crippen molar-refractivity contribution in [3.05, 3.63) is 34.4 Å². The summed E-state index contributed by atoms with van der Waals surface area (Å²) in [4.78, 5) is 29.5. The number of nitrogens with one attached hydrogen (secondary N) is 2. The van der Waals surface area contributed by atoms with Crippen LogP contribution in [0.15, 0.2) is 28.7 Å². The van der Waals surface area contributed by atoms with Crippen LogP contribution < -0.4 is 5.32 Å². The van der Waals surface area contributed by atoms with Crippen LogP contribution in [-0.4, -0.2) is 41.3 Å². The molecule has 2 heterocycles. The van der Waals surface area contributed by atoms with E-state index in [0.29, 0.717) is 25.3 Å². The lowest BCUT2D eigenvalue weighted by Gasteiger charge is -2.31. The molecule has 3 rings (SSSR count). The first-order valence-corrected chi connectivity index (χ1v) is 8.73. The molecule has 5 nitrogen and oxygen atoms in total. The van der Waals surface area contributed by atoms with E-state index in [0.717, 1.165) is 28.2 Å². The van der Waals surface area contributed by atoms with E-state index in [-0.39, 0.29) is 17.7 Å². The number of nitrogens with zero attached hydrogens (tertiary/aromatic N) is 1. The molecule has 2 N–H and O–H groups in total. The minimum absolute atomic E-state index is 0.00618. The molecule has 0 unspecified atom stereocenters. The maximum absolute atomic E-state index is 12.6. The van der Waals surface area contributed by atoms with Crippen LogP contribution in [0.4, 0.5) is 0 Å². The number of halogens is 1. The lowest BCUT2D eigenvalue weighted by atomic mass is 9.95. The fourth-order valence-electron chi connectivity index (χ4n) is 3.05. The third-order valence-corrected chi connectivity index (χ3v) is 4.81. The Bertz CT molecular complexity index is 733. The van der Waals surface area contributed by atoms with Crippen LogP contribution in [0, 0.1) is 5.92 Å². The Hall–Kier alpha value is -1.82. The summed E-state index contributed by atoms with van der Waals surface area (Å²) in [6, 6.07) is 7.78. The normalized spacial score (nSPS) is 15.8. The predicted octanol–water partition coefficient (Wildman–Crippen LogP) is 2.92. The third kappa shape index (κ3) is 3.42. The highest BCUT2D eigenvalue weighted by Crippen LogP contribution is 2.23. The molecule has 0 atom stereocenters. The highest BCUT2D eigenvalue weighted by Gasteiger charge is 2.28. The van der Waals surface area contributed by atoms with Gasteiger partial charge in [-0.1, -0.05) is 15.9 Å². The van der Waals surface area contributed by atoms with Gasteiger partial charge in [0, 0.05) is 40.9 Å². The van der Waals surface area contributed by atoms with E-state index in [1.807, 2.05) is 36.1 Å². The average molecular weight is 378 g/mol. The molecule has 6 heteroatoms. The lowest BCUT2D eigenvalue weighted by molar-refractivity contribution is -0.126. The summed E-state index contributed by atoms with van der Waals surface area (Å²) in [7, 11) is 0. The van der Waals surface area contributed by atoms with E-state index in [2.05, 4.69) is 26.2 Å². The van der Waals surface area contributed by atoms with E-state index in [4.69, 9.17) is 0 Å². The van der Waals surface area contributed by atoms with Crippen LogP contribution in [-0.2, 0) is 4.79 Å². The molecule has 0 radical (unpaired) electrons. The van der Waals surface area contributed by atoms with Crippen molar-refractivity contribution in [3.8, 4) is 0 Å². The van der Waals surface area contributed by atoms with E-state index in [1.165, 1.54) is 0 Å². The number of likely N-dealkylation sites (tertiary alicyclic amines) is 1. The number of piperidine rings is 1. The van der Waals surface area contributed by atoms with Crippen molar-refractivity contribution in [2.45, 2.75) is 19.8 Å². The van der Waals surface area contributed by atoms with Gasteiger partial charge in [0.1, 0.15) is 5.69 Å². The monoisotopic (exact) mass is 377 g/mol. The Kier molecular flexibility index (Phi) is 4.71. The molecular weight excluding hydrogens is 358 g/mol. The van der Waals surface area contributed by atoms with Gasteiger partial charge in [-0.3, -0.25) is 9.59 Å². The van der Waals surface area contributed by atoms with Crippen LogP contribution in [0.2, 0.25) is 0 Å². The minimum Gasteiger partial charge on any atom is -0.356 e. The summed E-state index contributed by atoms with van der Waals surface area (Å²) < 4.78 is 0.991. The molecule has 0 aliphatic carbocycles. The molecule has 0 spiro atoms. The second-order valence-corrected chi connectivity index (χ2v) is 6.79. The van der Waals surface area contributed by atoms with E-state index >= 15 is 0 Å². The topological polar surface area (TPSA) is 65.2 Å². The number of carbonyl (C=O) groups excluding carboxylic acids is 2. The number of hydrogen-bond donors (Lipinski definition) is 2. The molecule has 1 aliphatic heterocycles. The van der Waals surface area contributed by atoms with Crippen LogP contribution in [0.3, 0.4) is 0 Å². The van der Waals surface area contributed by atoms with Gasteiger partial charge in [-0.2, -0.15) is 0 Å². The summed E-state index contributed by atoms with van der Waals surface area (Å²) in [5.41, 5.74) is 1.56. The standard InChI is InChI=1S/C17H20BrN3O2/c1-2-19-16(22)11-5-7-21(8-6-11)17(23)15-10-12-9-13(18)3-4-14(12)20-15/h3-4,9-11,20H,2,5-8H2,1H3,(H,19,22).